The van der Waals surface area contributed by atoms with Gasteiger partial charge in [0.15, 0.2) is 0 Å². The molecule has 0 saturated carbocycles. The molecule has 0 radical (unpaired) electrons. The molecule has 1 aliphatic heterocycles. The third-order valence-corrected chi connectivity index (χ3v) is 3.93. The van der Waals surface area contributed by atoms with E-state index in [-0.39, 0.29) is 30.3 Å². The second-order valence-corrected chi connectivity index (χ2v) is 5.85. The van der Waals surface area contributed by atoms with E-state index in [0.29, 0.717) is 6.42 Å². The molecule has 1 aliphatic rings. The number of amides is 2. The molecule has 2 N–H and O–H groups in total. The molecule has 2 rings (SSSR count). The average Bonchev–Trinajstić information content (AvgIpc) is 2.76. The van der Waals surface area contributed by atoms with Gasteiger partial charge in [0.25, 0.3) is 0 Å². The van der Waals surface area contributed by atoms with Crippen LogP contribution in [-0.4, -0.2) is 42.9 Å². The van der Waals surface area contributed by atoms with Crippen molar-refractivity contribution in [2.75, 3.05) is 26.2 Å². The molecule has 1 atom stereocenters. The average molecular weight is 340 g/mol. The van der Waals surface area contributed by atoms with Crippen LogP contribution in [0.5, 0.6) is 0 Å². The first kappa shape index (κ1) is 19.5. The summed E-state index contributed by atoms with van der Waals surface area (Å²) in [6, 6.07) is 7.71. The summed E-state index contributed by atoms with van der Waals surface area (Å²) in [6.45, 7) is 6.82. The number of nitrogens with one attached hydrogen (secondary N) is 2. The number of benzene rings is 1. The maximum absolute atomic E-state index is 12.5. The number of carbonyl (C=O) groups is 2. The molecule has 6 heteroatoms. The molecule has 1 heterocycles. The second-order valence-electron chi connectivity index (χ2n) is 5.85. The first-order valence-electron chi connectivity index (χ1n) is 7.88. The maximum atomic E-state index is 12.5. The van der Waals surface area contributed by atoms with Gasteiger partial charge in [0.1, 0.15) is 0 Å². The summed E-state index contributed by atoms with van der Waals surface area (Å²) in [5.74, 6) is -0.0149. The molecule has 1 aromatic rings. The van der Waals surface area contributed by atoms with Gasteiger partial charge in [-0.3, -0.25) is 9.59 Å². The number of hydrogen-bond donors (Lipinski definition) is 2. The van der Waals surface area contributed by atoms with E-state index >= 15 is 0 Å². The number of nitrogens with zero attached hydrogens (tertiary/aromatic N) is 1. The van der Waals surface area contributed by atoms with Crippen LogP contribution >= 0.6 is 12.4 Å². The van der Waals surface area contributed by atoms with Crippen molar-refractivity contribution >= 4 is 24.2 Å². The van der Waals surface area contributed by atoms with E-state index in [0.717, 1.165) is 43.7 Å². The molecule has 0 spiro atoms. The van der Waals surface area contributed by atoms with Crippen LogP contribution in [0.3, 0.4) is 0 Å². The van der Waals surface area contributed by atoms with Crippen LogP contribution < -0.4 is 10.6 Å². The summed E-state index contributed by atoms with van der Waals surface area (Å²) >= 11 is 0. The molecular weight excluding hydrogens is 314 g/mol. The van der Waals surface area contributed by atoms with Crippen molar-refractivity contribution in [2.24, 2.45) is 0 Å². The minimum absolute atomic E-state index is 0. The summed E-state index contributed by atoms with van der Waals surface area (Å²) < 4.78 is 0. The fourth-order valence-electron chi connectivity index (χ4n) is 2.70. The van der Waals surface area contributed by atoms with Crippen molar-refractivity contribution in [3.05, 3.63) is 35.4 Å². The van der Waals surface area contributed by atoms with Crippen molar-refractivity contribution in [1.29, 1.82) is 0 Å². The van der Waals surface area contributed by atoms with Crippen molar-refractivity contribution in [2.45, 2.75) is 32.7 Å². The third kappa shape index (κ3) is 6.20. The zero-order chi connectivity index (χ0) is 15.9. The maximum Gasteiger partial charge on any atom is 0.225 e. The Kier molecular flexibility index (Phi) is 8.06. The van der Waals surface area contributed by atoms with E-state index in [4.69, 9.17) is 0 Å². The van der Waals surface area contributed by atoms with Gasteiger partial charge in [-0.1, -0.05) is 29.8 Å². The molecule has 128 valence electrons. The van der Waals surface area contributed by atoms with Gasteiger partial charge in [0.05, 0.1) is 12.5 Å². The van der Waals surface area contributed by atoms with E-state index in [9.17, 15) is 9.59 Å². The number of hydrogen-bond acceptors (Lipinski definition) is 3. The second kappa shape index (κ2) is 9.53. The van der Waals surface area contributed by atoms with E-state index in [1.807, 2.05) is 36.1 Å². The Balaban J connectivity index is 0.00000264. The highest BCUT2D eigenvalue weighted by atomic mass is 35.5. The lowest BCUT2D eigenvalue weighted by atomic mass is 10.0. The van der Waals surface area contributed by atoms with Gasteiger partial charge in [-0.2, -0.15) is 0 Å². The first-order chi connectivity index (χ1) is 10.6. The molecule has 0 aliphatic carbocycles. The number of aryl methyl sites for hydroxylation is 1. The van der Waals surface area contributed by atoms with E-state index in [2.05, 4.69) is 10.6 Å². The quantitative estimate of drug-likeness (QED) is 0.879. The third-order valence-electron chi connectivity index (χ3n) is 3.93. The van der Waals surface area contributed by atoms with Crippen molar-refractivity contribution in [1.82, 2.24) is 15.5 Å². The van der Waals surface area contributed by atoms with Crippen LogP contribution in [-0.2, 0) is 9.59 Å². The molecule has 1 unspecified atom stereocenters. The molecule has 0 bridgehead atoms. The Morgan fingerprint density at radius 1 is 1.22 bits per heavy atom. The van der Waals surface area contributed by atoms with E-state index < -0.39 is 0 Å². The molecular formula is C17H26ClN3O2. The Hall–Kier alpha value is -1.59. The van der Waals surface area contributed by atoms with Gasteiger partial charge in [-0.05, 0) is 25.5 Å². The number of carbonyl (C=O) groups excluding carboxylic acids is 2. The molecule has 5 nitrogen and oxygen atoms in total. The highest BCUT2D eigenvalue weighted by molar-refractivity contribution is 5.85. The normalized spacial score (nSPS) is 16.0. The lowest BCUT2D eigenvalue weighted by Gasteiger charge is -2.24. The fraction of sp³-hybridized carbons (Fsp3) is 0.529. The smallest absolute Gasteiger partial charge is 0.225 e. The standard InChI is InChI=1S/C17H25N3O2.ClH/c1-13-4-6-15(7-5-13)16(19-14(2)21)12-17(22)20-10-3-8-18-9-11-20;/h4-7,16,18H,3,8-12H2,1-2H3,(H,19,21);1H. The fourth-order valence-corrected chi connectivity index (χ4v) is 2.70. The summed E-state index contributed by atoms with van der Waals surface area (Å²) in [4.78, 5) is 25.9. The van der Waals surface area contributed by atoms with Gasteiger partial charge in [-0.25, -0.2) is 0 Å². The molecule has 1 fully saturated rings. The highest BCUT2D eigenvalue weighted by Gasteiger charge is 2.21. The molecule has 1 aromatic carbocycles. The molecule has 2 amide bonds. The Bertz CT molecular complexity index is 511. The van der Waals surface area contributed by atoms with Crippen LogP contribution in [0.4, 0.5) is 0 Å². The van der Waals surface area contributed by atoms with Gasteiger partial charge >= 0.3 is 0 Å². The molecule has 1 saturated heterocycles. The summed E-state index contributed by atoms with van der Waals surface area (Å²) in [6.07, 6.45) is 1.28. The van der Waals surface area contributed by atoms with Crippen molar-refractivity contribution < 1.29 is 9.59 Å². The van der Waals surface area contributed by atoms with Gasteiger partial charge in [-0.15, -0.1) is 12.4 Å². The van der Waals surface area contributed by atoms with E-state index in [1.54, 1.807) is 0 Å². The van der Waals surface area contributed by atoms with E-state index in [1.165, 1.54) is 6.92 Å². The van der Waals surface area contributed by atoms with Crippen LogP contribution in [0, 0.1) is 6.92 Å². The summed E-state index contributed by atoms with van der Waals surface area (Å²) in [5.41, 5.74) is 2.14. The Labute approximate surface area is 144 Å². The van der Waals surface area contributed by atoms with Crippen LogP contribution in [0.1, 0.15) is 36.9 Å². The zero-order valence-corrected chi connectivity index (χ0v) is 14.6. The monoisotopic (exact) mass is 339 g/mol. The van der Waals surface area contributed by atoms with Gasteiger partial charge in [0, 0.05) is 26.6 Å². The van der Waals surface area contributed by atoms with Gasteiger partial charge < -0.3 is 15.5 Å². The van der Waals surface area contributed by atoms with Gasteiger partial charge in [0.2, 0.25) is 11.8 Å². The van der Waals surface area contributed by atoms with Crippen LogP contribution in [0.25, 0.3) is 0 Å². The minimum atomic E-state index is -0.262. The molecule has 23 heavy (non-hydrogen) atoms. The highest BCUT2D eigenvalue weighted by Crippen LogP contribution is 2.19. The first-order valence-corrected chi connectivity index (χ1v) is 7.88. The zero-order valence-electron chi connectivity index (χ0n) is 13.8. The minimum Gasteiger partial charge on any atom is -0.349 e. The number of halogens is 1. The SMILES string of the molecule is CC(=O)NC(CC(=O)N1CCCNCC1)c1ccc(C)cc1.Cl. The van der Waals surface area contributed by atoms with Crippen molar-refractivity contribution in [3.8, 4) is 0 Å². The lowest BCUT2D eigenvalue weighted by molar-refractivity contribution is -0.131. The number of rotatable bonds is 4. The summed E-state index contributed by atoms with van der Waals surface area (Å²) in [5, 5.41) is 6.19. The van der Waals surface area contributed by atoms with Crippen LogP contribution in [0.2, 0.25) is 0 Å². The molecule has 0 aromatic heterocycles. The Morgan fingerprint density at radius 2 is 1.91 bits per heavy atom. The predicted molar refractivity (Wildman–Crippen MR) is 93.7 cm³/mol. The Morgan fingerprint density at radius 3 is 2.57 bits per heavy atom. The predicted octanol–water partition coefficient (Wildman–Crippen LogP) is 1.81. The topological polar surface area (TPSA) is 61.4 Å². The summed E-state index contributed by atoms with van der Waals surface area (Å²) in [7, 11) is 0. The van der Waals surface area contributed by atoms with Crippen LogP contribution in [0.15, 0.2) is 24.3 Å². The largest absolute Gasteiger partial charge is 0.349 e. The van der Waals surface area contributed by atoms with Crippen molar-refractivity contribution in [3.63, 3.8) is 0 Å². The lowest BCUT2D eigenvalue weighted by Crippen LogP contribution is -2.37.